The third-order valence-corrected chi connectivity index (χ3v) is 5.22. The zero-order valence-corrected chi connectivity index (χ0v) is 16.0. The second-order valence-corrected chi connectivity index (χ2v) is 7.20. The summed E-state index contributed by atoms with van der Waals surface area (Å²) in [5.74, 6) is 0.543. The van der Waals surface area contributed by atoms with Gasteiger partial charge in [-0.25, -0.2) is 14.8 Å². The molecule has 0 amide bonds. The van der Waals surface area contributed by atoms with Crippen molar-refractivity contribution in [3.63, 3.8) is 0 Å². The molecule has 29 heavy (non-hydrogen) atoms. The van der Waals surface area contributed by atoms with Crippen molar-refractivity contribution in [2.75, 3.05) is 31.1 Å². The van der Waals surface area contributed by atoms with Crippen molar-refractivity contribution >= 4 is 22.4 Å². The molecule has 1 aliphatic heterocycles. The van der Waals surface area contributed by atoms with Crippen molar-refractivity contribution in [2.24, 2.45) is 0 Å². The number of nitrogens with zero attached hydrogens (tertiary/aromatic N) is 4. The molecule has 3 aromatic heterocycles. The number of allylic oxidation sites excluding steroid dienone is 1. The third-order valence-electron chi connectivity index (χ3n) is 5.22. The molecule has 1 N–H and O–H groups in total. The van der Waals surface area contributed by atoms with E-state index in [4.69, 9.17) is 4.42 Å². The van der Waals surface area contributed by atoms with E-state index in [1.165, 1.54) is 0 Å². The van der Waals surface area contributed by atoms with Gasteiger partial charge in [0.1, 0.15) is 5.58 Å². The fourth-order valence-corrected chi connectivity index (χ4v) is 3.73. The van der Waals surface area contributed by atoms with Crippen LogP contribution in [0.5, 0.6) is 0 Å². The molecule has 0 unspecified atom stereocenters. The molecule has 146 valence electrons. The molecule has 0 spiro atoms. The molecule has 0 atom stereocenters. The Labute approximate surface area is 167 Å². The molecule has 0 radical (unpaired) electrons. The number of aromatic nitrogens is 3. The maximum absolute atomic E-state index is 12.7. The normalized spacial score (nSPS) is 14.6. The summed E-state index contributed by atoms with van der Waals surface area (Å²) in [7, 11) is 0. The number of hydrogen-bond donors (Lipinski definition) is 1. The molecule has 1 saturated heterocycles. The summed E-state index contributed by atoms with van der Waals surface area (Å²) in [5.41, 5.74) is 3.27. The van der Waals surface area contributed by atoms with E-state index in [0.717, 1.165) is 49.2 Å². The lowest BCUT2D eigenvalue weighted by Crippen LogP contribution is -2.43. The van der Waals surface area contributed by atoms with E-state index in [-0.39, 0.29) is 0 Å². The van der Waals surface area contributed by atoms with Gasteiger partial charge in [-0.05, 0) is 30.2 Å². The molecule has 4 heterocycles. The SMILES string of the molecule is C=CCc1cnc2nc(-c3cc4ccc(N5CCNCC5)cc4oc3=O)cn2c1. The van der Waals surface area contributed by atoms with E-state index in [0.29, 0.717) is 22.6 Å². The summed E-state index contributed by atoms with van der Waals surface area (Å²) in [5, 5.41) is 4.21. The highest BCUT2D eigenvalue weighted by Gasteiger charge is 2.15. The van der Waals surface area contributed by atoms with Crippen LogP contribution in [0.4, 0.5) is 5.69 Å². The van der Waals surface area contributed by atoms with Crippen molar-refractivity contribution in [1.82, 2.24) is 19.7 Å². The molecule has 0 saturated carbocycles. The zero-order chi connectivity index (χ0) is 19.8. The second kappa shape index (κ2) is 7.18. The number of anilines is 1. The molecule has 1 aromatic carbocycles. The fraction of sp³-hybridized carbons (Fsp3) is 0.227. The van der Waals surface area contributed by atoms with E-state index < -0.39 is 5.63 Å². The Balaban J connectivity index is 1.54. The predicted octanol–water partition coefficient (Wildman–Crippen LogP) is 2.64. The molecule has 1 aliphatic rings. The molecule has 4 aromatic rings. The topological polar surface area (TPSA) is 75.7 Å². The van der Waals surface area contributed by atoms with Crippen LogP contribution in [0.3, 0.4) is 0 Å². The predicted molar refractivity (Wildman–Crippen MR) is 113 cm³/mol. The first-order valence-electron chi connectivity index (χ1n) is 9.70. The average molecular weight is 387 g/mol. The van der Waals surface area contributed by atoms with Crippen LogP contribution in [-0.2, 0) is 6.42 Å². The third kappa shape index (κ3) is 3.30. The quantitative estimate of drug-likeness (QED) is 0.429. The van der Waals surface area contributed by atoms with Gasteiger partial charge in [-0.3, -0.25) is 4.40 Å². The van der Waals surface area contributed by atoms with Gasteiger partial charge < -0.3 is 14.6 Å². The summed E-state index contributed by atoms with van der Waals surface area (Å²) < 4.78 is 7.48. The monoisotopic (exact) mass is 387 g/mol. The van der Waals surface area contributed by atoms with Gasteiger partial charge in [-0.2, -0.15) is 0 Å². The lowest BCUT2D eigenvalue weighted by Gasteiger charge is -2.29. The van der Waals surface area contributed by atoms with Gasteiger partial charge in [0.25, 0.3) is 0 Å². The zero-order valence-electron chi connectivity index (χ0n) is 16.0. The molecule has 0 aliphatic carbocycles. The lowest BCUT2D eigenvalue weighted by atomic mass is 10.1. The largest absolute Gasteiger partial charge is 0.422 e. The summed E-state index contributed by atoms with van der Waals surface area (Å²) in [6, 6.07) is 7.85. The maximum Gasteiger partial charge on any atom is 0.345 e. The van der Waals surface area contributed by atoms with E-state index in [1.807, 2.05) is 41.1 Å². The molecular weight excluding hydrogens is 366 g/mol. The fourth-order valence-electron chi connectivity index (χ4n) is 3.73. The summed E-state index contributed by atoms with van der Waals surface area (Å²) in [6.07, 6.45) is 8.08. The van der Waals surface area contributed by atoms with Crippen LogP contribution in [-0.4, -0.2) is 40.5 Å². The Morgan fingerprint density at radius 3 is 2.90 bits per heavy atom. The number of rotatable bonds is 4. The Kier molecular flexibility index (Phi) is 4.37. The van der Waals surface area contributed by atoms with Gasteiger partial charge in [0.2, 0.25) is 5.78 Å². The molecule has 5 rings (SSSR count). The van der Waals surface area contributed by atoms with Gasteiger partial charge in [0, 0.05) is 61.9 Å². The van der Waals surface area contributed by atoms with Crippen LogP contribution in [0.2, 0.25) is 0 Å². The van der Waals surface area contributed by atoms with Gasteiger partial charge >= 0.3 is 5.63 Å². The van der Waals surface area contributed by atoms with E-state index in [9.17, 15) is 4.79 Å². The molecular formula is C22H21N5O2. The highest BCUT2D eigenvalue weighted by atomic mass is 16.4. The van der Waals surface area contributed by atoms with Crippen LogP contribution in [0.1, 0.15) is 5.56 Å². The molecule has 7 nitrogen and oxygen atoms in total. The maximum atomic E-state index is 12.7. The number of benzene rings is 1. The molecule has 7 heteroatoms. The van der Waals surface area contributed by atoms with Crippen LogP contribution in [0.15, 0.2) is 64.7 Å². The Bertz CT molecular complexity index is 1270. The average Bonchev–Trinajstić information content (AvgIpc) is 3.17. The number of imidazole rings is 1. The lowest BCUT2D eigenvalue weighted by molar-refractivity contribution is 0.561. The first kappa shape index (κ1) is 17.6. The minimum absolute atomic E-state index is 0.398. The van der Waals surface area contributed by atoms with Gasteiger partial charge in [-0.15, -0.1) is 6.58 Å². The number of nitrogens with one attached hydrogen (secondary N) is 1. The standard InChI is InChI=1S/C22H21N5O2/c1-2-3-15-12-24-22-25-19(14-27(22)13-15)18-10-16-4-5-17(11-20(16)29-21(18)28)26-8-6-23-7-9-26/h2,4-5,10-14,23H,1,3,6-9H2. The number of fused-ring (bicyclic) bond motifs is 2. The summed E-state index contributed by atoms with van der Waals surface area (Å²) >= 11 is 0. The van der Waals surface area contributed by atoms with Crippen molar-refractivity contribution in [1.29, 1.82) is 0 Å². The minimum Gasteiger partial charge on any atom is -0.422 e. The van der Waals surface area contributed by atoms with Crippen LogP contribution >= 0.6 is 0 Å². The Hall–Kier alpha value is -3.45. The highest BCUT2D eigenvalue weighted by molar-refractivity contribution is 5.84. The van der Waals surface area contributed by atoms with Crippen LogP contribution in [0.25, 0.3) is 28.0 Å². The first-order valence-corrected chi connectivity index (χ1v) is 9.70. The van der Waals surface area contributed by atoms with Crippen molar-refractivity contribution in [3.8, 4) is 11.3 Å². The Morgan fingerprint density at radius 2 is 2.07 bits per heavy atom. The number of piperazine rings is 1. The molecule has 1 fully saturated rings. The minimum atomic E-state index is -0.398. The molecule has 0 bridgehead atoms. The van der Waals surface area contributed by atoms with E-state index in [2.05, 4.69) is 32.8 Å². The van der Waals surface area contributed by atoms with Crippen molar-refractivity contribution < 1.29 is 4.42 Å². The smallest absolute Gasteiger partial charge is 0.345 e. The second-order valence-electron chi connectivity index (χ2n) is 7.20. The Morgan fingerprint density at radius 1 is 1.21 bits per heavy atom. The van der Waals surface area contributed by atoms with Crippen LogP contribution < -0.4 is 15.8 Å². The van der Waals surface area contributed by atoms with E-state index in [1.54, 1.807) is 6.20 Å². The first-order chi connectivity index (χ1) is 14.2. The summed E-state index contributed by atoms with van der Waals surface area (Å²) in [4.78, 5) is 23.8. The van der Waals surface area contributed by atoms with Gasteiger partial charge in [0.15, 0.2) is 0 Å². The van der Waals surface area contributed by atoms with Gasteiger partial charge in [0.05, 0.1) is 11.3 Å². The summed E-state index contributed by atoms with van der Waals surface area (Å²) in [6.45, 7) is 7.54. The van der Waals surface area contributed by atoms with Crippen LogP contribution in [0, 0.1) is 0 Å². The highest BCUT2D eigenvalue weighted by Crippen LogP contribution is 2.25. The van der Waals surface area contributed by atoms with Crippen molar-refractivity contribution in [2.45, 2.75) is 6.42 Å². The number of hydrogen-bond acceptors (Lipinski definition) is 6. The van der Waals surface area contributed by atoms with Crippen molar-refractivity contribution in [3.05, 3.63) is 71.5 Å². The van der Waals surface area contributed by atoms with E-state index >= 15 is 0 Å². The van der Waals surface area contributed by atoms with Gasteiger partial charge in [-0.1, -0.05) is 6.08 Å².